The lowest BCUT2D eigenvalue weighted by atomic mass is 10.0. The molecule has 0 spiro atoms. The van der Waals surface area contributed by atoms with Crippen LogP contribution in [-0.2, 0) is 16.1 Å². The van der Waals surface area contributed by atoms with E-state index in [0.29, 0.717) is 16.9 Å². The first-order valence-electron chi connectivity index (χ1n) is 8.03. The van der Waals surface area contributed by atoms with Gasteiger partial charge in [-0.3, -0.25) is 0 Å². The highest BCUT2D eigenvalue weighted by Crippen LogP contribution is 2.27. The van der Waals surface area contributed by atoms with Crippen molar-refractivity contribution in [3.05, 3.63) is 88.7 Å². The molecule has 0 amide bonds. The van der Waals surface area contributed by atoms with E-state index in [1.165, 1.54) is 24.5 Å². The summed E-state index contributed by atoms with van der Waals surface area (Å²) in [6.45, 7) is -0.0303. The number of rotatable bonds is 4. The van der Waals surface area contributed by atoms with Gasteiger partial charge < -0.3 is 13.6 Å². The van der Waals surface area contributed by atoms with Crippen molar-refractivity contribution >= 4 is 33.8 Å². The molecule has 4 rings (SSSR count). The molecule has 4 aromatic rings. The van der Waals surface area contributed by atoms with Gasteiger partial charge >= 0.3 is 11.6 Å². The summed E-state index contributed by atoms with van der Waals surface area (Å²) in [4.78, 5) is 23.8. The minimum atomic E-state index is -0.525. The fourth-order valence-electron chi connectivity index (χ4n) is 2.87. The first kappa shape index (κ1) is 15.9. The Morgan fingerprint density at radius 2 is 1.96 bits per heavy atom. The molecule has 2 heterocycles. The lowest BCUT2D eigenvalue weighted by Crippen LogP contribution is -2.06. The lowest BCUT2D eigenvalue weighted by molar-refractivity contribution is -0.138. The summed E-state index contributed by atoms with van der Waals surface area (Å²) in [5.74, 6) is 0.0294. The molecule has 0 aliphatic rings. The van der Waals surface area contributed by atoms with Crippen LogP contribution in [0.25, 0.3) is 27.8 Å². The van der Waals surface area contributed by atoms with Gasteiger partial charge in [0.2, 0.25) is 0 Å². The van der Waals surface area contributed by atoms with Crippen LogP contribution in [0.1, 0.15) is 11.3 Å². The number of esters is 1. The normalized spacial score (nSPS) is 11.4. The summed E-state index contributed by atoms with van der Waals surface area (Å²) in [6, 6.07) is 16.2. The van der Waals surface area contributed by atoms with E-state index in [1.807, 2.05) is 30.3 Å². The van der Waals surface area contributed by atoms with Crippen LogP contribution in [0.5, 0.6) is 0 Å². The first-order valence-corrected chi connectivity index (χ1v) is 8.03. The predicted octanol–water partition coefficient (Wildman–Crippen LogP) is 4.30. The van der Waals surface area contributed by atoms with Crippen molar-refractivity contribution in [2.24, 2.45) is 0 Å². The second-order valence-corrected chi connectivity index (χ2v) is 5.71. The molecule has 2 aromatic carbocycles. The minimum absolute atomic E-state index is 0.0303. The fraction of sp³-hybridized carbons (Fsp3) is 0.0476. The van der Waals surface area contributed by atoms with Crippen LogP contribution in [0.15, 0.2) is 80.6 Å². The van der Waals surface area contributed by atoms with Crippen LogP contribution in [0.3, 0.4) is 0 Å². The number of benzene rings is 2. The van der Waals surface area contributed by atoms with Crippen LogP contribution >= 0.6 is 0 Å². The van der Waals surface area contributed by atoms with E-state index in [0.717, 1.165) is 16.2 Å². The van der Waals surface area contributed by atoms with Crippen LogP contribution in [-0.4, -0.2) is 5.97 Å². The Morgan fingerprint density at radius 3 is 2.81 bits per heavy atom. The maximum absolute atomic E-state index is 11.9. The van der Waals surface area contributed by atoms with Gasteiger partial charge in [-0.15, -0.1) is 0 Å². The molecule has 5 nitrogen and oxygen atoms in total. The summed E-state index contributed by atoms with van der Waals surface area (Å²) in [5.41, 5.74) is 0.589. The van der Waals surface area contributed by atoms with Gasteiger partial charge in [-0.25, -0.2) is 9.59 Å². The summed E-state index contributed by atoms with van der Waals surface area (Å²) in [7, 11) is 0. The molecule has 0 bridgehead atoms. The Kier molecular flexibility index (Phi) is 4.11. The van der Waals surface area contributed by atoms with Crippen molar-refractivity contribution in [2.75, 3.05) is 0 Å². The van der Waals surface area contributed by atoms with Gasteiger partial charge in [0, 0.05) is 23.1 Å². The van der Waals surface area contributed by atoms with Crippen molar-refractivity contribution < 1.29 is 18.4 Å². The summed E-state index contributed by atoms with van der Waals surface area (Å²) in [5, 5.41) is 2.72. The van der Waals surface area contributed by atoms with E-state index in [9.17, 15) is 9.59 Å². The van der Waals surface area contributed by atoms with E-state index in [-0.39, 0.29) is 6.61 Å². The van der Waals surface area contributed by atoms with Crippen molar-refractivity contribution in [3.8, 4) is 0 Å². The molecule has 26 heavy (non-hydrogen) atoms. The van der Waals surface area contributed by atoms with Crippen LogP contribution < -0.4 is 5.63 Å². The lowest BCUT2D eigenvalue weighted by Gasteiger charge is -2.08. The molecule has 128 valence electrons. The molecule has 0 aliphatic heterocycles. The number of hydrogen-bond donors (Lipinski definition) is 0. The summed E-state index contributed by atoms with van der Waals surface area (Å²) < 4.78 is 15.7. The van der Waals surface area contributed by atoms with E-state index in [2.05, 4.69) is 0 Å². The van der Waals surface area contributed by atoms with Crippen molar-refractivity contribution in [2.45, 2.75) is 6.61 Å². The molecule has 0 saturated heterocycles. The Labute approximate surface area is 148 Å². The number of fused-ring (bicyclic) bond motifs is 3. The summed E-state index contributed by atoms with van der Waals surface area (Å²) >= 11 is 0. The molecule has 0 unspecified atom stereocenters. The average Bonchev–Trinajstić information content (AvgIpc) is 3.17. The van der Waals surface area contributed by atoms with Gasteiger partial charge in [-0.1, -0.05) is 30.3 Å². The standard InChI is InChI=1S/C21H14O5/c22-19(10-8-16-5-3-11-24-16)25-13-15-12-20(23)26-18-9-7-14-4-1-2-6-17(14)21(15)18/h1-12H,13H2/b10-8+. The second kappa shape index (κ2) is 6.72. The minimum Gasteiger partial charge on any atom is -0.465 e. The smallest absolute Gasteiger partial charge is 0.336 e. The largest absolute Gasteiger partial charge is 0.465 e. The van der Waals surface area contributed by atoms with Crippen molar-refractivity contribution in [3.63, 3.8) is 0 Å². The predicted molar refractivity (Wildman–Crippen MR) is 97.5 cm³/mol. The van der Waals surface area contributed by atoms with Crippen LogP contribution in [0, 0.1) is 0 Å². The Hall–Kier alpha value is -3.60. The van der Waals surface area contributed by atoms with E-state index in [4.69, 9.17) is 13.6 Å². The molecule has 0 saturated carbocycles. The third kappa shape index (κ3) is 3.15. The maximum atomic E-state index is 11.9. The van der Waals surface area contributed by atoms with Gasteiger partial charge in [-0.05, 0) is 35.0 Å². The number of carbonyl (C=O) groups is 1. The molecular weight excluding hydrogens is 332 g/mol. The molecule has 0 fully saturated rings. The number of carbonyl (C=O) groups excluding carboxylic acids is 1. The van der Waals surface area contributed by atoms with Gasteiger partial charge in [0.1, 0.15) is 18.0 Å². The van der Waals surface area contributed by atoms with Gasteiger partial charge in [0.05, 0.1) is 6.26 Å². The Balaban J connectivity index is 1.66. The Bertz CT molecular complexity index is 1170. The fourth-order valence-corrected chi connectivity index (χ4v) is 2.87. The Morgan fingerprint density at radius 1 is 1.08 bits per heavy atom. The van der Waals surface area contributed by atoms with Crippen LogP contribution in [0.4, 0.5) is 0 Å². The van der Waals surface area contributed by atoms with Crippen molar-refractivity contribution in [1.29, 1.82) is 0 Å². The highest BCUT2D eigenvalue weighted by atomic mass is 16.5. The van der Waals surface area contributed by atoms with E-state index >= 15 is 0 Å². The molecule has 0 N–H and O–H groups in total. The molecule has 2 aromatic heterocycles. The zero-order chi connectivity index (χ0) is 17.9. The average molecular weight is 346 g/mol. The second-order valence-electron chi connectivity index (χ2n) is 5.71. The van der Waals surface area contributed by atoms with Gasteiger partial charge in [0.25, 0.3) is 0 Å². The molecule has 0 radical (unpaired) electrons. The third-order valence-corrected chi connectivity index (χ3v) is 4.01. The molecule has 5 heteroatoms. The molecule has 0 atom stereocenters. The zero-order valence-electron chi connectivity index (χ0n) is 13.7. The maximum Gasteiger partial charge on any atom is 0.336 e. The van der Waals surface area contributed by atoms with Gasteiger partial charge in [-0.2, -0.15) is 0 Å². The molecule has 0 aliphatic carbocycles. The number of ether oxygens (including phenoxy) is 1. The number of furan rings is 1. The first-order chi connectivity index (χ1) is 12.7. The topological polar surface area (TPSA) is 69.7 Å². The number of hydrogen-bond acceptors (Lipinski definition) is 5. The third-order valence-electron chi connectivity index (χ3n) is 4.01. The van der Waals surface area contributed by atoms with Crippen molar-refractivity contribution in [1.82, 2.24) is 0 Å². The highest BCUT2D eigenvalue weighted by Gasteiger charge is 2.11. The summed E-state index contributed by atoms with van der Waals surface area (Å²) in [6.07, 6.45) is 4.32. The van der Waals surface area contributed by atoms with E-state index in [1.54, 1.807) is 18.2 Å². The SMILES string of the molecule is O=C(/C=C/c1ccco1)OCc1cc(=O)oc2ccc3ccccc3c12. The highest BCUT2D eigenvalue weighted by molar-refractivity contribution is 6.07. The quantitative estimate of drug-likeness (QED) is 0.238. The van der Waals surface area contributed by atoms with E-state index < -0.39 is 11.6 Å². The van der Waals surface area contributed by atoms with Gasteiger partial charge in [0.15, 0.2) is 0 Å². The zero-order valence-corrected chi connectivity index (χ0v) is 13.7. The van der Waals surface area contributed by atoms with Crippen LogP contribution in [0.2, 0.25) is 0 Å². The molecular formula is C21H14O5. The monoisotopic (exact) mass is 346 g/mol.